The summed E-state index contributed by atoms with van der Waals surface area (Å²) in [5.41, 5.74) is 1.59. The summed E-state index contributed by atoms with van der Waals surface area (Å²) in [6.45, 7) is 4.89. The van der Waals surface area contributed by atoms with Gasteiger partial charge < -0.3 is 9.67 Å². The number of hydrogen-bond acceptors (Lipinski definition) is 4. The van der Waals surface area contributed by atoms with Crippen LogP contribution in [0.25, 0.3) is 16.6 Å². The van der Waals surface area contributed by atoms with Crippen molar-refractivity contribution in [2.24, 2.45) is 0 Å². The molecule has 0 amide bonds. The van der Waals surface area contributed by atoms with Crippen LogP contribution in [0.3, 0.4) is 0 Å². The molecule has 6 nitrogen and oxygen atoms in total. The van der Waals surface area contributed by atoms with Crippen LogP contribution in [0.2, 0.25) is 5.02 Å². The molecule has 1 heterocycles. The topological polar surface area (TPSA) is 88.4 Å². The molecule has 4 aromatic rings. The molecule has 4 rings (SSSR count). The predicted octanol–water partition coefficient (Wildman–Crippen LogP) is 4.82. The zero-order chi connectivity index (χ0) is 26.0. The van der Waals surface area contributed by atoms with E-state index in [2.05, 4.69) is 4.72 Å². The molecule has 36 heavy (non-hydrogen) atoms. The zero-order valence-corrected chi connectivity index (χ0v) is 21.8. The van der Waals surface area contributed by atoms with Gasteiger partial charge in [-0.2, -0.15) is 0 Å². The molecule has 1 unspecified atom stereocenters. The van der Waals surface area contributed by atoms with Crippen LogP contribution in [0.4, 0.5) is 0 Å². The molecule has 2 N–H and O–H groups in total. The number of halogens is 1. The van der Waals surface area contributed by atoms with Crippen molar-refractivity contribution in [3.05, 3.63) is 105 Å². The first-order chi connectivity index (χ1) is 17.0. The van der Waals surface area contributed by atoms with Gasteiger partial charge in [0.25, 0.3) is 0 Å². The van der Waals surface area contributed by atoms with Crippen molar-refractivity contribution in [1.82, 2.24) is 9.29 Å². The molecule has 0 fully saturated rings. The van der Waals surface area contributed by atoms with Gasteiger partial charge in [0.05, 0.1) is 21.7 Å². The van der Waals surface area contributed by atoms with Crippen molar-refractivity contribution >= 4 is 39.3 Å². The van der Waals surface area contributed by atoms with Gasteiger partial charge in [0.2, 0.25) is 0 Å². The number of fused-ring (bicyclic) bond motifs is 1. The lowest BCUT2D eigenvalue weighted by Gasteiger charge is -2.20. The number of nitrogens with one attached hydrogen (secondary N) is 1. The van der Waals surface area contributed by atoms with E-state index >= 15 is 0 Å². The van der Waals surface area contributed by atoms with Crippen LogP contribution >= 0.6 is 11.6 Å². The lowest BCUT2D eigenvalue weighted by atomic mass is 9.98. The first-order valence-corrected chi connectivity index (χ1v) is 13.0. The van der Waals surface area contributed by atoms with E-state index < -0.39 is 16.6 Å². The number of para-hydroxylation sites is 1. The van der Waals surface area contributed by atoms with Crippen molar-refractivity contribution in [2.45, 2.75) is 37.7 Å². The van der Waals surface area contributed by atoms with Gasteiger partial charge in [-0.1, -0.05) is 41.9 Å². The van der Waals surface area contributed by atoms with E-state index in [1.807, 2.05) is 30.3 Å². The summed E-state index contributed by atoms with van der Waals surface area (Å²) in [5, 5.41) is 10.8. The van der Waals surface area contributed by atoms with Crippen molar-refractivity contribution in [1.29, 1.82) is 0 Å². The Labute approximate surface area is 217 Å². The fraction of sp³-hybridized carbons (Fsp3) is 0.214. The Kier molecular flexibility index (Phi) is 7.57. The number of carbonyl (C=O) groups excluding carboxylic acids is 1. The largest absolute Gasteiger partial charge is 0.389 e. The molecule has 0 aliphatic carbocycles. The Bertz CT molecular complexity index is 1510. The number of ketones is 1. The Balaban J connectivity index is 1.81. The van der Waals surface area contributed by atoms with Gasteiger partial charge in [-0.3, -0.25) is 9.59 Å². The lowest BCUT2D eigenvalue weighted by Crippen LogP contribution is -2.35. The molecule has 0 aliphatic heterocycles. The van der Waals surface area contributed by atoms with Crippen LogP contribution < -0.4 is 10.2 Å². The second-order valence-corrected chi connectivity index (χ2v) is 11.0. The number of benzene rings is 3. The summed E-state index contributed by atoms with van der Waals surface area (Å²) >= 11 is 6.28. The molecule has 0 radical (unpaired) electrons. The van der Waals surface area contributed by atoms with Gasteiger partial charge in [-0.15, -0.1) is 0 Å². The number of pyridine rings is 1. The smallest absolute Gasteiger partial charge is 0.193 e. The summed E-state index contributed by atoms with van der Waals surface area (Å²) in [7, 11) is -1.49. The van der Waals surface area contributed by atoms with Crippen LogP contribution in [0.5, 0.6) is 0 Å². The van der Waals surface area contributed by atoms with Crippen molar-refractivity contribution in [3.8, 4) is 5.69 Å². The molecule has 0 saturated heterocycles. The van der Waals surface area contributed by atoms with Gasteiger partial charge in [0.15, 0.2) is 11.2 Å². The van der Waals surface area contributed by atoms with E-state index in [-0.39, 0.29) is 24.2 Å². The number of nitrogens with zero attached hydrogens (tertiary/aromatic N) is 1. The highest BCUT2D eigenvalue weighted by atomic mass is 35.5. The van der Waals surface area contributed by atoms with Crippen molar-refractivity contribution in [3.63, 3.8) is 0 Å². The average Bonchev–Trinajstić information content (AvgIpc) is 2.84. The standard InChI is InChI=1S/C28H27ClN2O4S/c1-18(32)26-24(15-19-9-12-22(13-10-19)36(35)30-17-28(2,3)34)27(33)23-14-11-20(29)16-25(23)31(26)21-7-5-4-6-8-21/h4-14,16,30,34H,15,17H2,1-3H3. The number of rotatable bonds is 8. The predicted molar refractivity (Wildman–Crippen MR) is 145 cm³/mol. The Morgan fingerprint density at radius 3 is 2.33 bits per heavy atom. The van der Waals surface area contributed by atoms with Gasteiger partial charge in [-0.25, -0.2) is 8.93 Å². The first-order valence-electron chi connectivity index (χ1n) is 11.5. The zero-order valence-electron chi connectivity index (χ0n) is 20.2. The summed E-state index contributed by atoms with van der Waals surface area (Å²) in [4.78, 5) is 27.1. The second-order valence-electron chi connectivity index (χ2n) is 9.27. The van der Waals surface area contributed by atoms with E-state index in [0.717, 1.165) is 11.3 Å². The molecular formula is C28H27ClN2O4S. The maximum absolute atomic E-state index is 13.6. The normalized spacial score (nSPS) is 12.6. The van der Waals surface area contributed by atoms with Crippen LogP contribution in [-0.4, -0.2) is 31.8 Å². The molecule has 0 saturated carbocycles. The van der Waals surface area contributed by atoms with E-state index in [4.69, 9.17) is 11.6 Å². The minimum absolute atomic E-state index is 0.170. The van der Waals surface area contributed by atoms with Crippen molar-refractivity contribution < 1.29 is 14.1 Å². The molecule has 3 aromatic carbocycles. The third-order valence-electron chi connectivity index (χ3n) is 5.73. The highest BCUT2D eigenvalue weighted by Gasteiger charge is 2.22. The minimum Gasteiger partial charge on any atom is -0.389 e. The molecule has 0 aliphatic rings. The van der Waals surface area contributed by atoms with Crippen LogP contribution in [0, 0.1) is 0 Å². The molecule has 186 valence electrons. The molecule has 0 bridgehead atoms. The molecule has 1 aromatic heterocycles. The van der Waals surface area contributed by atoms with Gasteiger partial charge in [-0.05, 0) is 61.9 Å². The maximum Gasteiger partial charge on any atom is 0.193 e. The monoisotopic (exact) mass is 522 g/mol. The second kappa shape index (κ2) is 10.5. The Hall–Kier alpha value is -3.10. The number of aromatic nitrogens is 1. The third-order valence-corrected chi connectivity index (χ3v) is 7.07. The Morgan fingerprint density at radius 1 is 1.06 bits per heavy atom. The Morgan fingerprint density at radius 2 is 1.72 bits per heavy atom. The van der Waals surface area contributed by atoms with E-state index in [1.54, 1.807) is 60.9 Å². The quantitative estimate of drug-likeness (QED) is 0.325. The fourth-order valence-electron chi connectivity index (χ4n) is 4.05. The molecule has 1 atom stereocenters. The highest BCUT2D eigenvalue weighted by Crippen LogP contribution is 2.26. The summed E-state index contributed by atoms with van der Waals surface area (Å²) < 4.78 is 17.1. The number of Topliss-reactive ketones (excluding diaryl/α,β-unsaturated/α-hetero) is 1. The van der Waals surface area contributed by atoms with Gasteiger partial charge >= 0.3 is 0 Å². The van der Waals surface area contributed by atoms with Crippen LogP contribution in [0.1, 0.15) is 42.4 Å². The third kappa shape index (κ3) is 5.65. The molecule has 0 spiro atoms. The number of aliphatic hydroxyl groups is 1. The fourth-order valence-corrected chi connectivity index (χ4v) is 5.25. The van der Waals surface area contributed by atoms with E-state index in [0.29, 0.717) is 32.1 Å². The van der Waals surface area contributed by atoms with E-state index in [9.17, 15) is 18.9 Å². The average molecular weight is 523 g/mol. The first kappa shape index (κ1) is 26.0. The van der Waals surface area contributed by atoms with Gasteiger partial charge in [0, 0.05) is 41.5 Å². The SMILES string of the molecule is CC(=O)c1c(Cc2ccc(S(=O)NCC(C)(C)O)cc2)c(=O)c2ccc(Cl)cc2n1-c1ccccc1. The summed E-state index contributed by atoms with van der Waals surface area (Å²) in [6.07, 6.45) is 0.225. The molecular weight excluding hydrogens is 496 g/mol. The summed E-state index contributed by atoms with van der Waals surface area (Å²) in [5.74, 6) is -0.235. The molecule has 8 heteroatoms. The number of carbonyl (C=O) groups is 1. The van der Waals surface area contributed by atoms with Crippen LogP contribution in [-0.2, 0) is 17.4 Å². The number of hydrogen-bond donors (Lipinski definition) is 2. The van der Waals surface area contributed by atoms with Gasteiger partial charge in [0.1, 0.15) is 11.0 Å². The minimum atomic E-state index is -1.49. The van der Waals surface area contributed by atoms with Crippen molar-refractivity contribution in [2.75, 3.05) is 6.54 Å². The van der Waals surface area contributed by atoms with Crippen LogP contribution in [0.15, 0.2) is 82.5 Å². The highest BCUT2D eigenvalue weighted by molar-refractivity contribution is 7.83. The van der Waals surface area contributed by atoms with E-state index in [1.165, 1.54) is 6.92 Å². The maximum atomic E-state index is 13.6. The summed E-state index contributed by atoms with van der Waals surface area (Å²) in [6, 6.07) is 21.5. The lowest BCUT2D eigenvalue weighted by molar-refractivity contribution is 0.0861.